The van der Waals surface area contributed by atoms with Crippen LogP contribution in [0.4, 0.5) is 10.4 Å². The molecule has 24 heavy (non-hydrogen) atoms. The summed E-state index contributed by atoms with van der Waals surface area (Å²) in [5.41, 5.74) is 1.64. The van der Waals surface area contributed by atoms with Crippen LogP contribution >= 0.6 is 0 Å². The predicted octanol–water partition coefficient (Wildman–Crippen LogP) is 1.66. The highest BCUT2D eigenvalue weighted by atomic mass is 19.1. The number of piperazine rings is 1. The first-order valence-corrected chi connectivity index (χ1v) is 7.69. The van der Waals surface area contributed by atoms with Gasteiger partial charge in [0.15, 0.2) is 5.58 Å². The van der Waals surface area contributed by atoms with E-state index in [1.54, 1.807) is 35.1 Å². The Morgan fingerprint density at radius 1 is 1.25 bits per heavy atom. The SMILES string of the molecule is Cn1cc(C(=O)N2CCN(c3nc4ccc(F)cc4o3)CC2)cn1. The van der Waals surface area contributed by atoms with Crippen LogP contribution in [0.1, 0.15) is 10.4 Å². The molecule has 1 aromatic carbocycles. The lowest BCUT2D eigenvalue weighted by Crippen LogP contribution is -2.48. The Hall–Kier alpha value is -2.90. The van der Waals surface area contributed by atoms with Gasteiger partial charge in [-0.2, -0.15) is 10.1 Å². The lowest BCUT2D eigenvalue weighted by molar-refractivity contribution is 0.0745. The van der Waals surface area contributed by atoms with Crippen molar-refractivity contribution >= 4 is 23.0 Å². The summed E-state index contributed by atoms with van der Waals surface area (Å²) in [5, 5.41) is 4.03. The Morgan fingerprint density at radius 3 is 2.75 bits per heavy atom. The van der Waals surface area contributed by atoms with Crippen molar-refractivity contribution in [2.75, 3.05) is 31.1 Å². The van der Waals surface area contributed by atoms with Gasteiger partial charge in [-0.1, -0.05) is 0 Å². The van der Waals surface area contributed by atoms with Gasteiger partial charge in [0.2, 0.25) is 0 Å². The number of benzene rings is 1. The molecule has 8 heteroatoms. The fourth-order valence-electron chi connectivity index (χ4n) is 2.84. The number of aryl methyl sites for hydroxylation is 1. The number of amides is 1. The quantitative estimate of drug-likeness (QED) is 0.715. The van der Waals surface area contributed by atoms with Crippen molar-refractivity contribution in [2.45, 2.75) is 0 Å². The van der Waals surface area contributed by atoms with Crippen molar-refractivity contribution in [3.8, 4) is 0 Å². The molecule has 2 aromatic heterocycles. The van der Waals surface area contributed by atoms with Gasteiger partial charge in [-0.05, 0) is 12.1 Å². The fraction of sp³-hybridized carbons (Fsp3) is 0.312. The minimum absolute atomic E-state index is 0.0256. The molecule has 124 valence electrons. The van der Waals surface area contributed by atoms with E-state index in [0.717, 1.165) is 0 Å². The maximum atomic E-state index is 13.2. The van der Waals surface area contributed by atoms with Crippen LogP contribution in [0.25, 0.3) is 11.1 Å². The molecule has 1 saturated heterocycles. The van der Waals surface area contributed by atoms with Crippen molar-refractivity contribution in [1.29, 1.82) is 0 Å². The highest BCUT2D eigenvalue weighted by Gasteiger charge is 2.25. The Kier molecular flexibility index (Phi) is 3.44. The average molecular weight is 329 g/mol. The summed E-state index contributed by atoms with van der Waals surface area (Å²) in [7, 11) is 1.78. The second kappa shape index (κ2) is 5.63. The van der Waals surface area contributed by atoms with Crippen molar-refractivity contribution in [2.24, 2.45) is 7.05 Å². The predicted molar refractivity (Wildman–Crippen MR) is 85.3 cm³/mol. The van der Waals surface area contributed by atoms with Gasteiger partial charge in [-0.25, -0.2) is 4.39 Å². The first-order valence-electron chi connectivity index (χ1n) is 7.69. The summed E-state index contributed by atoms with van der Waals surface area (Å²) in [6.45, 7) is 2.37. The van der Waals surface area contributed by atoms with Gasteiger partial charge in [-0.3, -0.25) is 9.48 Å². The van der Waals surface area contributed by atoms with Gasteiger partial charge >= 0.3 is 0 Å². The summed E-state index contributed by atoms with van der Waals surface area (Å²) in [6.07, 6.45) is 3.29. The molecule has 7 nitrogen and oxygen atoms in total. The Bertz CT molecular complexity index is 895. The molecule has 1 aliphatic rings. The van der Waals surface area contributed by atoms with Crippen LogP contribution in [0.2, 0.25) is 0 Å². The third-order valence-electron chi connectivity index (χ3n) is 4.13. The van der Waals surface area contributed by atoms with Gasteiger partial charge in [0.1, 0.15) is 11.3 Å². The molecule has 0 atom stereocenters. The third kappa shape index (κ3) is 2.60. The molecule has 1 fully saturated rings. The summed E-state index contributed by atoms with van der Waals surface area (Å²) in [4.78, 5) is 20.5. The second-order valence-corrected chi connectivity index (χ2v) is 5.79. The van der Waals surface area contributed by atoms with E-state index >= 15 is 0 Å². The maximum Gasteiger partial charge on any atom is 0.298 e. The van der Waals surface area contributed by atoms with Crippen LogP contribution in [0.15, 0.2) is 35.0 Å². The van der Waals surface area contributed by atoms with E-state index in [4.69, 9.17) is 4.42 Å². The number of halogens is 1. The third-order valence-corrected chi connectivity index (χ3v) is 4.13. The zero-order valence-corrected chi connectivity index (χ0v) is 13.1. The molecule has 3 heterocycles. The number of anilines is 1. The van der Waals surface area contributed by atoms with E-state index in [-0.39, 0.29) is 11.7 Å². The van der Waals surface area contributed by atoms with Gasteiger partial charge in [0, 0.05) is 45.5 Å². The molecule has 0 radical (unpaired) electrons. The molecule has 0 N–H and O–H groups in total. The summed E-state index contributed by atoms with van der Waals surface area (Å²) >= 11 is 0. The molecule has 0 bridgehead atoms. The Balaban J connectivity index is 1.46. The topological polar surface area (TPSA) is 67.4 Å². The normalized spacial score (nSPS) is 15.2. The lowest BCUT2D eigenvalue weighted by atomic mass is 10.2. The molecule has 0 unspecified atom stereocenters. The zero-order valence-electron chi connectivity index (χ0n) is 13.1. The van der Waals surface area contributed by atoms with Crippen molar-refractivity contribution in [3.63, 3.8) is 0 Å². The largest absolute Gasteiger partial charge is 0.423 e. The molecule has 1 amide bonds. The monoisotopic (exact) mass is 329 g/mol. The molecule has 0 saturated carbocycles. The van der Waals surface area contributed by atoms with Gasteiger partial charge in [0.05, 0.1) is 11.8 Å². The summed E-state index contributed by atoms with van der Waals surface area (Å²) in [5.74, 6) is -0.375. The number of carbonyl (C=O) groups is 1. The van der Waals surface area contributed by atoms with E-state index in [9.17, 15) is 9.18 Å². The number of aromatic nitrogens is 3. The van der Waals surface area contributed by atoms with Crippen molar-refractivity contribution < 1.29 is 13.6 Å². The molecule has 4 rings (SSSR count). The molecule has 0 aliphatic carbocycles. The number of fused-ring (bicyclic) bond motifs is 1. The van der Waals surface area contributed by atoms with Gasteiger partial charge in [-0.15, -0.1) is 0 Å². The van der Waals surface area contributed by atoms with E-state index in [1.165, 1.54) is 12.1 Å². The van der Waals surface area contributed by atoms with Crippen LogP contribution in [0.3, 0.4) is 0 Å². The van der Waals surface area contributed by atoms with E-state index in [2.05, 4.69) is 10.1 Å². The highest BCUT2D eigenvalue weighted by Crippen LogP contribution is 2.23. The number of oxazole rings is 1. The van der Waals surface area contributed by atoms with Gasteiger partial charge < -0.3 is 14.2 Å². The standard InChI is InChI=1S/C16H16FN5O2/c1-20-10-11(9-18-20)15(23)21-4-6-22(7-5-21)16-19-13-3-2-12(17)8-14(13)24-16/h2-3,8-10H,4-7H2,1H3. The number of hydrogen-bond donors (Lipinski definition) is 0. The first-order chi connectivity index (χ1) is 11.6. The average Bonchev–Trinajstić information content (AvgIpc) is 3.20. The van der Waals surface area contributed by atoms with Gasteiger partial charge in [0.25, 0.3) is 11.9 Å². The summed E-state index contributed by atoms with van der Waals surface area (Å²) in [6, 6.07) is 4.75. The highest BCUT2D eigenvalue weighted by molar-refractivity contribution is 5.93. The molecule has 0 spiro atoms. The van der Waals surface area contributed by atoms with E-state index in [0.29, 0.717) is 48.9 Å². The van der Waals surface area contributed by atoms with Crippen molar-refractivity contribution in [1.82, 2.24) is 19.7 Å². The van der Waals surface area contributed by atoms with Crippen LogP contribution in [-0.2, 0) is 7.05 Å². The minimum Gasteiger partial charge on any atom is -0.423 e. The Morgan fingerprint density at radius 2 is 2.04 bits per heavy atom. The second-order valence-electron chi connectivity index (χ2n) is 5.79. The van der Waals surface area contributed by atoms with E-state index in [1.807, 2.05) is 4.90 Å². The van der Waals surface area contributed by atoms with E-state index < -0.39 is 0 Å². The fourth-order valence-corrected chi connectivity index (χ4v) is 2.84. The minimum atomic E-state index is -0.350. The molecule has 3 aromatic rings. The number of hydrogen-bond acceptors (Lipinski definition) is 5. The van der Waals surface area contributed by atoms with Crippen LogP contribution in [0, 0.1) is 5.82 Å². The zero-order chi connectivity index (χ0) is 16.7. The van der Waals surface area contributed by atoms with Crippen LogP contribution in [-0.4, -0.2) is 51.8 Å². The lowest BCUT2D eigenvalue weighted by Gasteiger charge is -2.33. The number of carbonyl (C=O) groups excluding carboxylic acids is 1. The first kappa shape index (κ1) is 14.7. The maximum absolute atomic E-state index is 13.2. The molecular weight excluding hydrogens is 313 g/mol. The number of nitrogens with zero attached hydrogens (tertiary/aromatic N) is 5. The van der Waals surface area contributed by atoms with Crippen LogP contribution in [0.5, 0.6) is 0 Å². The molecular formula is C16H16FN5O2. The van der Waals surface area contributed by atoms with Crippen molar-refractivity contribution in [3.05, 3.63) is 42.0 Å². The summed E-state index contributed by atoms with van der Waals surface area (Å²) < 4.78 is 20.5. The Labute approximate surface area is 137 Å². The smallest absolute Gasteiger partial charge is 0.298 e. The van der Waals surface area contributed by atoms with Crippen LogP contribution < -0.4 is 4.90 Å². The number of rotatable bonds is 2. The molecule has 1 aliphatic heterocycles.